The van der Waals surface area contributed by atoms with Crippen molar-refractivity contribution >= 4 is 16.1 Å². The van der Waals surface area contributed by atoms with Gasteiger partial charge < -0.3 is 9.84 Å². The predicted molar refractivity (Wildman–Crippen MR) is 34.0 cm³/mol. The lowest BCUT2D eigenvalue weighted by atomic mass is 10.9. The van der Waals surface area contributed by atoms with Gasteiger partial charge in [-0.05, 0) is 6.61 Å². The number of halogens is 2. The number of hydrogen-bond donors (Lipinski definition) is 0. The van der Waals surface area contributed by atoms with Crippen molar-refractivity contribution in [3.8, 4) is 0 Å². The van der Waals surface area contributed by atoms with Crippen LogP contribution in [0.5, 0.6) is 0 Å². The Morgan fingerprint density at radius 1 is 1.67 bits per heavy atom. The summed E-state index contributed by atoms with van der Waals surface area (Å²) < 4.78 is 49.6. The van der Waals surface area contributed by atoms with Crippen LogP contribution in [-0.4, -0.2) is 26.9 Å². The molecule has 0 rings (SSSR count). The molecule has 12 heavy (non-hydrogen) atoms. The molecule has 0 spiro atoms. The number of nitrogens with zero attached hydrogens (tertiary/aromatic N) is 1. The van der Waals surface area contributed by atoms with E-state index in [0.717, 1.165) is 0 Å². The smallest absolute Gasteiger partial charge is 0.357 e. The molecule has 0 amide bonds. The van der Waals surface area contributed by atoms with E-state index in [1.54, 1.807) is 0 Å². The van der Waals surface area contributed by atoms with Gasteiger partial charge in [0, 0.05) is 0 Å². The molecule has 0 radical (unpaired) electrons. The summed E-state index contributed by atoms with van der Waals surface area (Å²) in [5.74, 6) is -3.69. The van der Waals surface area contributed by atoms with Gasteiger partial charge in [-0.3, -0.25) is 0 Å². The van der Waals surface area contributed by atoms with Crippen molar-refractivity contribution in [3.63, 3.8) is 0 Å². The Morgan fingerprint density at radius 3 is 2.50 bits per heavy atom. The molecular formula is C4H6F2NO4S-. The van der Waals surface area contributed by atoms with E-state index in [4.69, 9.17) is 0 Å². The molecule has 8 heteroatoms. The van der Waals surface area contributed by atoms with Crippen molar-refractivity contribution in [3.05, 3.63) is 0 Å². The molecule has 0 bridgehead atoms. The molecule has 0 saturated carbocycles. The molecule has 0 unspecified atom stereocenters. The van der Waals surface area contributed by atoms with Gasteiger partial charge in [-0.15, -0.1) is 4.40 Å². The maximum Gasteiger partial charge on any atom is 0.357 e. The van der Waals surface area contributed by atoms with E-state index >= 15 is 0 Å². The summed E-state index contributed by atoms with van der Waals surface area (Å²) in [7, 11) is -5.00. The Hall–Kier alpha value is -0.920. The lowest BCUT2D eigenvalue weighted by Gasteiger charge is -2.09. The molecule has 0 aromatic carbocycles. The number of sulfonamides is 1. The molecule has 0 heterocycles. The van der Waals surface area contributed by atoms with Crippen LogP contribution in [0.3, 0.4) is 0 Å². The summed E-state index contributed by atoms with van der Waals surface area (Å²) in [5, 5.41) is 10.3. The first-order chi connectivity index (χ1) is 5.40. The molecule has 5 nitrogen and oxygen atoms in total. The predicted octanol–water partition coefficient (Wildman–Crippen LogP) is -0.708. The van der Waals surface area contributed by atoms with E-state index in [0.29, 0.717) is 0 Å². The fraction of sp³-hybridized carbons (Fsp3) is 0.750. The summed E-state index contributed by atoms with van der Waals surface area (Å²) in [6, 6.07) is 0. The van der Waals surface area contributed by atoms with Crippen LogP contribution in [0.25, 0.3) is 0 Å². The van der Waals surface area contributed by atoms with E-state index in [2.05, 4.69) is 9.13 Å². The van der Waals surface area contributed by atoms with E-state index in [1.807, 2.05) is 0 Å². The Labute approximate surface area is 67.7 Å². The van der Waals surface area contributed by atoms with E-state index in [9.17, 15) is 22.3 Å². The standard InChI is InChI=1S/C4H7F2NO4S/c1-2-11-4(8)7-12(9,10)3(5)6/h3H,2H2,1H3,(H,7,8)/p-1. The highest BCUT2D eigenvalue weighted by atomic mass is 32.2. The van der Waals surface area contributed by atoms with Gasteiger partial charge in [0.1, 0.15) is 0 Å². The minimum atomic E-state index is -5.00. The molecule has 0 aliphatic heterocycles. The molecule has 0 aliphatic rings. The van der Waals surface area contributed by atoms with Gasteiger partial charge in [-0.2, -0.15) is 17.2 Å². The van der Waals surface area contributed by atoms with Gasteiger partial charge in [0.15, 0.2) is 6.08 Å². The van der Waals surface area contributed by atoms with Crippen molar-refractivity contribution in [2.45, 2.75) is 12.7 Å². The van der Waals surface area contributed by atoms with Gasteiger partial charge in [0.05, 0.1) is 0 Å². The Kier molecular flexibility index (Phi) is 3.87. The molecule has 0 aromatic rings. The number of hydrogen-bond acceptors (Lipinski definition) is 4. The largest absolute Gasteiger partial charge is 0.600 e. The molecule has 0 fully saturated rings. The molecule has 0 aliphatic carbocycles. The maximum atomic E-state index is 11.5. The summed E-state index contributed by atoms with van der Waals surface area (Å²) in [6.07, 6.45) is -1.53. The summed E-state index contributed by atoms with van der Waals surface area (Å²) >= 11 is 0. The zero-order chi connectivity index (χ0) is 9.78. The van der Waals surface area contributed by atoms with Crippen molar-refractivity contribution < 1.29 is 27.0 Å². The van der Waals surface area contributed by atoms with Crippen LogP contribution >= 0.6 is 0 Å². The Morgan fingerprint density at radius 2 is 2.17 bits per heavy atom. The molecule has 0 aromatic heterocycles. The van der Waals surface area contributed by atoms with Crippen molar-refractivity contribution in [2.24, 2.45) is 4.40 Å². The topological polar surface area (TPSA) is 78.8 Å². The summed E-state index contributed by atoms with van der Waals surface area (Å²) in [4.78, 5) is 0. The van der Waals surface area contributed by atoms with Crippen LogP contribution in [0.15, 0.2) is 4.40 Å². The van der Waals surface area contributed by atoms with Crippen LogP contribution in [0, 0.1) is 0 Å². The van der Waals surface area contributed by atoms with Crippen LogP contribution in [-0.2, 0) is 14.8 Å². The van der Waals surface area contributed by atoms with Gasteiger partial charge in [0.2, 0.25) is 0 Å². The average molecular weight is 202 g/mol. The molecular weight excluding hydrogens is 196 g/mol. The highest BCUT2D eigenvalue weighted by molar-refractivity contribution is 7.90. The Bertz CT molecular complexity index is 260. The van der Waals surface area contributed by atoms with Crippen LogP contribution in [0.1, 0.15) is 6.92 Å². The van der Waals surface area contributed by atoms with Crippen molar-refractivity contribution in [1.29, 1.82) is 0 Å². The number of rotatable bonds is 3. The third kappa shape index (κ3) is 3.46. The highest BCUT2D eigenvalue weighted by Crippen LogP contribution is 2.06. The molecule has 72 valence electrons. The second-order valence-corrected chi connectivity index (χ2v) is 3.13. The number of ether oxygens (including phenoxy) is 1. The maximum absolute atomic E-state index is 11.5. The van der Waals surface area contributed by atoms with Gasteiger partial charge >= 0.3 is 15.8 Å². The normalized spacial score (nSPS) is 13.5. The molecule has 0 saturated heterocycles. The minimum Gasteiger partial charge on any atom is -0.600 e. The zero-order valence-corrected chi connectivity index (χ0v) is 6.85. The second-order valence-electron chi connectivity index (χ2n) is 1.57. The van der Waals surface area contributed by atoms with E-state index in [1.165, 1.54) is 6.92 Å². The third-order valence-corrected chi connectivity index (χ3v) is 1.55. The van der Waals surface area contributed by atoms with E-state index in [-0.39, 0.29) is 6.61 Å². The van der Waals surface area contributed by atoms with Gasteiger partial charge in [-0.25, -0.2) is 0 Å². The number of alkyl halides is 2. The first-order valence-corrected chi connectivity index (χ1v) is 4.32. The first kappa shape index (κ1) is 11.1. The first-order valence-electron chi connectivity index (χ1n) is 2.82. The van der Waals surface area contributed by atoms with Crippen LogP contribution in [0.4, 0.5) is 8.78 Å². The minimum absolute atomic E-state index is 0.124. The van der Waals surface area contributed by atoms with Crippen molar-refractivity contribution in [1.82, 2.24) is 0 Å². The fourth-order valence-corrected chi connectivity index (χ4v) is 0.634. The monoisotopic (exact) mass is 202 g/mol. The second kappa shape index (κ2) is 4.19. The molecule has 0 N–H and O–H groups in total. The SMILES string of the molecule is CCO/C([O-])=N/S(=O)(=O)C(F)F. The van der Waals surface area contributed by atoms with Gasteiger partial charge in [-0.1, -0.05) is 6.92 Å². The zero-order valence-electron chi connectivity index (χ0n) is 6.03. The average Bonchev–Trinajstić information content (AvgIpc) is 1.85. The van der Waals surface area contributed by atoms with Crippen LogP contribution in [0.2, 0.25) is 0 Å². The lowest BCUT2D eigenvalue weighted by molar-refractivity contribution is -0.249. The lowest BCUT2D eigenvalue weighted by Crippen LogP contribution is -2.24. The van der Waals surface area contributed by atoms with Crippen molar-refractivity contribution in [2.75, 3.05) is 6.61 Å². The highest BCUT2D eigenvalue weighted by Gasteiger charge is 2.22. The van der Waals surface area contributed by atoms with Gasteiger partial charge in [0.25, 0.3) is 0 Å². The molecule has 0 atom stereocenters. The third-order valence-electron chi connectivity index (χ3n) is 0.695. The summed E-state index contributed by atoms with van der Waals surface area (Å²) in [5.41, 5.74) is 0. The van der Waals surface area contributed by atoms with E-state index < -0.39 is 21.9 Å². The summed E-state index contributed by atoms with van der Waals surface area (Å²) in [6.45, 7) is 1.27. The van der Waals surface area contributed by atoms with Crippen LogP contribution < -0.4 is 5.11 Å². The Balaban J connectivity index is 4.52. The quantitative estimate of drug-likeness (QED) is 0.447. The fourth-order valence-electron chi connectivity index (χ4n) is 0.294.